The summed E-state index contributed by atoms with van der Waals surface area (Å²) in [5.41, 5.74) is 7.30. The van der Waals surface area contributed by atoms with E-state index < -0.39 is 5.79 Å². The van der Waals surface area contributed by atoms with Gasteiger partial charge in [0.05, 0.1) is 102 Å². The lowest BCUT2D eigenvalue weighted by molar-refractivity contribution is -0.223. The molecule has 5 aliphatic heterocycles. The molecule has 0 aromatic carbocycles. The molecule has 23 heteroatoms. The van der Waals surface area contributed by atoms with Gasteiger partial charge in [-0.25, -0.2) is 0 Å². The SMILES string of the molecule is C[C@]12CCC(=O)C=C1CCC[C@@H]2O.C[C@]12CCC(=O)C[C@@H]1CCC[C@@H]2O.C[C@]12CCC3(C[C@@H]1CC/C(=C\O)C2=O)OCCO3.C[C@]12CCC3(C[C@@H]1CCCC2=O)OCCO3.C[C@]12CCC3(C[C@@H]1CCC[C@@H]2O)OCCO3.Cn1cc2c(n1)[C@@]1(C)CCC3(C[C@@H]1CC2)OCCO3.Cn1nc2c(c1Br)CC[C@H]1CC3(CC[C@]21C)OCCO3. The highest BCUT2D eigenvalue weighted by molar-refractivity contribution is 9.10. The third-order valence-corrected chi connectivity index (χ3v) is 35.0. The Kier molecular flexibility index (Phi) is 25.4. The molecule has 7 heterocycles. The summed E-state index contributed by atoms with van der Waals surface area (Å²) in [6.07, 6.45) is 41.3. The maximum absolute atomic E-state index is 12.4. The van der Waals surface area contributed by atoms with Crippen LogP contribution in [0.15, 0.2) is 34.3 Å². The molecule has 2 aromatic heterocycles. The minimum Gasteiger partial charge on any atom is -0.515 e. The van der Waals surface area contributed by atoms with Crippen molar-refractivity contribution in [3.05, 3.63) is 56.8 Å². The predicted molar refractivity (Wildman–Crippen MR) is 434 cm³/mol. The van der Waals surface area contributed by atoms with Gasteiger partial charge in [-0.1, -0.05) is 66.9 Å². The van der Waals surface area contributed by atoms with Crippen LogP contribution in [0, 0.1) is 62.6 Å². The van der Waals surface area contributed by atoms with Crippen molar-refractivity contribution in [2.24, 2.45) is 76.7 Å². The summed E-state index contributed by atoms with van der Waals surface area (Å²) in [5, 5.41) is 48.8. The van der Waals surface area contributed by atoms with Gasteiger partial charge in [0.2, 0.25) is 0 Å². The number of hydrogen-bond acceptors (Lipinski definition) is 20. The molecule has 19 aliphatic rings. The fourth-order valence-electron chi connectivity index (χ4n) is 25.6. The summed E-state index contributed by atoms with van der Waals surface area (Å²) in [4.78, 5) is 47.0. The van der Waals surface area contributed by atoms with E-state index in [0.717, 1.165) is 263 Å². The van der Waals surface area contributed by atoms with E-state index in [-0.39, 0.29) is 90.9 Å². The lowest BCUT2D eigenvalue weighted by atomic mass is 9.57. The van der Waals surface area contributed by atoms with E-state index >= 15 is 0 Å². The molecule has 0 unspecified atom stereocenters. The minimum absolute atomic E-state index is 0.0478. The van der Waals surface area contributed by atoms with Gasteiger partial charge in [0.1, 0.15) is 16.2 Å². The molecular weight excluding hydrogens is 1530 g/mol. The Bertz CT molecular complexity index is 3880. The molecule has 115 heavy (non-hydrogen) atoms. The van der Waals surface area contributed by atoms with E-state index in [0.29, 0.717) is 91.5 Å². The maximum atomic E-state index is 12.4. The molecule has 2 aromatic rings. The van der Waals surface area contributed by atoms with Gasteiger partial charge in [-0.05, 0) is 215 Å². The van der Waals surface area contributed by atoms with Gasteiger partial charge in [-0.3, -0.25) is 28.5 Å². The van der Waals surface area contributed by atoms with Crippen LogP contribution in [0.25, 0.3) is 0 Å². The van der Waals surface area contributed by atoms with Crippen LogP contribution in [0.4, 0.5) is 0 Å². The van der Waals surface area contributed by atoms with Crippen LogP contribution in [0.5, 0.6) is 0 Å². The van der Waals surface area contributed by atoms with E-state index in [9.17, 15) is 34.5 Å². The van der Waals surface area contributed by atoms with E-state index in [1.807, 2.05) is 30.4 Å². The number of aryl methyl sites for hydroxylation is 3. The van der Waals surface area contributed by atoms with Gasteiger partial charge in [0.25, 0.3) is 0 Å². The Labute approximate surface area is 691 Å². The number of aliphatic hydroxyl groups excluding tert-OH is 4. The molecule has 16 fully saturated rings. The molecular formula is C92H139BrN4O18. The lowest BCUT2D eigenvalue weighted by Gasteiger charge is -2.52. The zero-order valence-electron chi connectivity index (χ0n) is 71.0. The molecule has 11 saturated carbocycles. The second-order valence-corrected chi connectivity index (χ2v) is 41.1. The monoisotopic (exact) mass is 1670 g/mol. The number of rotatable bonds is 0. The average molecular weight is 1670 g/mol. The molecule has 5 saturated heterocycles. The van der Waals surface area contributed by atoms with Crippen LogP contribution >= 0.6 is 15.9 Å². The molecule has 16 atom stereocenters. The summed E-state index contributed by atoms with van der Waals surface area (Å²) in [5.74, 6) is 2.69. The number of nitrogens with zero attached hydrogens (tertiary/aromatic N) is 4. The van der Waals surface area contributed by atoms with E-state index in [1.54, 1.807) is 6.08 Å². The Morgan fingerprint density at radius 1 is 0.417 bits per heavy atom. The number of ketones is 4. The van der Waals surface area contributed by atoms with Crippen molar-refractivity contribution in [2.45, 2.75) is 351 Å². The van der Waals surface area contributed by atoms with E-state index in [4.69, 9.17) is 62.7 Å². The second kappa shape index (κ2) is 33.9. The molecule has 5 spiro atoms. The van der Waals surface area contributed by atoms with Crippen molar-refractivity contribution in [3.8, 4) is 0 Å². The maximum Gasteiger partial charge on any atom is 0.168 e. The summed E-state index contributed by atoms with van der Waals surface area (Å²) < 4.78 is 63.5. The average Bonchev–Trinajstić information content (AvgIpc) is 1.49. The van der Waals surface area contributed by atoms with Crippen LogP contribution in [0.1, 0.15) is 302 Å². The van der Waals surface area contributed by atoms with E-state index in [2.05, 4.69) is 63.7 Å². The zero-order valence-corrected chi connectivity index (χ0v) is 72.6. The number of carbonyl (C=O) groups excluding carboxylic acids is 4. The lowest BCUT2D eigenvalue weighted by Crippen LogP contribution is -2.51. The highest BCUT2D eigenvalue weighted by Gasteiger charge is 2.60. The number of aliphatic hydroxyl groups is 4. The van der Waals surface area contributed by atoms with Gasteiger partial charge >= 0.3 is 0 Å². The number of hydrogen-bond donors (Lipinski definition) is 4. The molecule has 14 aliphatic carbocycles. The highest BCUT2D eigenvalue weighted by atomic mass is 79.9. The van der Waals surface area contributed by atoms with Crippen LogP contribution in [0.2, 0.25) is 0 Å². The smallest absolute Gasteiger partial charge is 0.168 e. The summed E-state index contributed by atoms with van der Waals surface area (Å²) in [6.45, 7) is 22.8. The first kappa shape index (κ1) is 86.3. The number of ether oxygens (including phenoxy) is 10. The van der Waals surface area contributed by atoms with Gasteiger partial charge < -0.3 is 67.8 Å². The number of aromatic nitrogens is 4. The Balaban J connectivity index is 0.000000106. The molecule has 0 radical (unpaired) electrons. The largest absolute Gasteiger partial charge is 0.515 e. The third-order valence-electron chi connectivity index (χ3n) is 34.0. The molecule has 22 nitrogen and oxygen atoms in total. The number of Topliss-reactive ketones (excluding diaryl/α,β-unsaturated/α-hetero) is 3. The first-order valence-corrected chi connectivity index (χ1v) is 45.9. The zero-order chi connectivity index (χ0) is 81.2. The molecule has 0 bridgehead atoms. The molecule has 4 N–H and O–H groups in total. The minimum atomic E-state index is -0.426. The van der Waals surface area contributed by atoms with Crippen LogP contribution in [0.3, 0.4) is 0 Å². The number of carbonyl (C=O) groups is 4. The summed E-state index contributed by atoms with van der Waals surface area (Å²) in [7, 11) is 4.05. The van der Waals surface area contributed by atoms with Crippen LogP contribution < -0.4 is 0 Å². The van der Waals surface area contributed by atoms with Gasteiger partial charge in [-0.15, -0.1) is 0 Å². The summed E-state index contributed by atoms with van der Waals surface area (Å²) >= 11 is 3.69. The standard InChI is InChI=1S/C15H21BrN2O2.C15H22N2O2.C14H20O4.C13H22O3.C13H20O3.C11H18O2.C11H16O2/c1-14-5-6-15(19-7-8-20-15)9-10(14)3-4-11-12(14)17-18(2)13(11)16;1-14-5-6-15(18-7-8-19-15)9-12(14)4-3-11-10-17(2)16-13(11)14;1-13-4-5-14(17-6-7-18-14)8-11(13)3-2-10(9-15)12(13)16;2*1-12-5-6-13(15-7-8-16-13)9-10(12)3-2-4-11(12)14;2*1-11-6-5-9(12)7-8(11)3-2-4-10(11)13/h10H,3-9H2,1-2H3;10,12H,3-9H2,1-2H3;9,11,15H,2-8H2,1H3;10-11,14H,2-9H2,1H3;10H,2-9H2,1H3;8,10,13H,2-7H2,1H3;7,10,13H,2-6H2,1H3/b;;10-9+;;;;/t10-,14-;12-,14-;11-,13-;10-,11-,12-;10-,12-;8-,10-,11-;10-,11-/m0000000/s1. The fraction of sp³-hybridized carbons (Fsp3) is 0.848. The van der Waals surface area contributed by atoms with Gasteiger partial charge in [0, 0.05) is 148 Å². The Morgan fingerprint density at radius 2 is 0.852 bits per heavy atom. The van der Waals surface area contributed by atoms with Crippen molar-refractivity contribution < 1.29 is 87.0 Å². The Hall–Kier alpha value is -3.66. The van der Waals surface area contributed by atoms with Crippen molar-refractivity contribution in [1.82, 2.24) is 19.6 Å². The quantitative estimate of drug-likeness (QED) is 0.141. The molecule has 0 amide bonds. The van der Waals surface area contributed by atoms with E-state index in [1.165, 1.54) is 47.4 Å². The van der Waals surface area contributed by atoms with Gasteiger partial charge in [-0.2, -0.15) is 10.2 Å². The molecule has 642 valence electrons. The van der Waals surface area contributed by atoms with Crippen molar-refractivity contribution in [2.75, 3.05) is 66.1 Å². The number of halogens is 1. The summed E-state index contributed by atoms with van der Waals surface area (Å²) in [6, 6.07) is 0. The fourth-order valence-corrected chi connectivity index (χ4v) is 26.1. The Morgan fingerprint density at radius 3 is 1.40 bits per heavy atom. The topological polar surface area (TPSA) is 277 Å². The van der Waals surface area contributed by atoms with Crippen molar-refractivity contribution in [1.29, 1.82) is 0 Å². The first-order valence-electron chi connectivity index (χ1n) is 45.2. The van der Waals surface area contributed by atoms with Crippen LogP contribution in [-0.4, -0.2) is 176 Å². The first-order chi connectivity index (χ1) is 54.8. The molecule has 21 rings (SSSR count). The van der Waals surface area contributed by atoms with Crippen molar-refractivity contribution >= 4 is 39.1 Å². The van der Waals surface area contributed by atoms with Gasteiger partial charge in [0.15, 0.2) is 40.5 Å². The number of fused-ring (bicyclic) bond motifs is 11. The predicted octanol–water partition coefficient (Wildman–Crippen LogP) is 15.5. The van der Waals surface area contributed by atoms with Crippen molar-refractivity contribution in [3.63, 3.8) is 0 Å². The second-order valence-electron chi connectivity index (χ2n) is 40.4. The normalized spacial score (nSPS) is 40.6. The number of allylic oxidation sites excluding steroid dienone is 2. The highest BCUT2D eigenvalue weighted by Crippen LogP contribution is 2.61. The third kappa shape index (κ3) is 16.7. The van der Waals surface area contributed by atoms with Crippen LogP contribution in [-0.2, 0) is 104 Å².